The molecule has 1 aliphatic heterocycles. The van der Waals surface area contributed by atoms with Gasteiger partial charge in [0.2, 0.25) is 0 Å². The van der Waals surface area contributed by atoms with Crippen LogP contribution in [0, 0.1) is 11.6 Å². The molecular weight excluding hydrogens is 456 g/mol. The van der Waals surface area contributed by atoms with Crippen LogP contribution in [0.1, 0.15) is 5.56 Å². The number of benzene rings is 3. The molecule has 1 aliphatic rings. The summed E-state index contributed by atoms with van der Waals surface area (Å²) in [6.07, 6.45) is 5.61. The molecule has 0 aliphatic carbocycles. The molecule has 0 saturated heterocycles. The van der Waals surface area contributed by atoms with Crippen LogP contribution in [0.25, 0.3) is 33.5 Å². The van der Waals surface area contributed by atoms with Crippen LogP contribution in [0.2, 0.25) is 5.02 Å². The zero-order valence-electron chi connectivity index (χ0n) is 17.7. The van der Waals surface area contributed by atoms with Crippen molar-refractivity contribution in [2.75, 3.05) is 11.4 Å². The molecule has 34 heavy (non-hydrogen) atoms. The highest BCUT2D eigenvalue weighted by molar-refractivity contribution is 6.30. The molecule has 5 nitrogen and oxygen atoms in total. The Hall–Kier alpha value is -3.97. The second-order valence-corrected chi connectivity index (χ2v) is 8.43. The van der Waals surface area contributed by atoms with E-state index in [1.165, 1.54) is 12.1 Å². The van der Waals surface area contributed by atoms with Crippen molar-refractivity contribution in [3.05, 3.63) is 95.4 Å². The van der Waals surface area contributed by atoms with Crippen LogP contribution in [0.15, 0.2) is 73.2 Å². The van der Waals surface area contributed by atoms with Gasteiger partial charge in [0.1, 0.15) is 23.1 Å². The summed E-state index contributed by atoms with van der Waals surface area (Å²) >= 11 is 6.20. The summed E-state index contributed by atoms with van der Waals surface area (Å²) in [4.78, 5) is 20.2. The van der Waals surface area contributed by atoms with E-state index in [4.69, 9.17) is 21.6 Å². The molecule has 0 bridgehead atoms. The first kappa shape index (κ1) is 20.6. The van der Waals surface area contributed by atoms with E-state index in [0.717, 1.165) is 41.5 Å². The van der Waals surface area contributed by atoms with E-state index in [1.54, 1.807) is 30.7 Å². The van der Waals surface area contributed by atoms with Crippen molar-refractivity contribution >= 4 is 34.0 Å². The van der Waals surface area contributed by atoms with E-state index < -0.39 is 11.6 Å². The van der Waals surface area contributed by atoms with Crippen molar-refractivity contribution in [2.45, 2.75) is 6.42 Å². The van der Waals surface area contributed by atoms with Gasteiger partial charge < -0.3 is 4.90 Å². The van der Waals surface area contributed by atoms with Crippen molar-refractivity contribution in [1.82, 2.24) is 19.9 Å². The summed E-state index contributed by atoms with van der Waals surface area (Å²) in [6, 6.07) is 14.8. The molecule has 3 aromatic carbocycles. The van der Waals surface area contributed by atoms with Gasteiger partial charge in [-0.05, 0) is 60.0 Å². The molecule has 0 amide bonds. The molecule has 0 unspecified atom stereocenters. The van der Waals surface area contributed by atoms with Crippen LogP contribution in [0.3, 0.4) is 0 Å². The predicted molar refractivity (Wildman–Crippen MR) is 128 cm³/mol. The van der Waals surface area contributed by atoms with Crippen molar-refractivity contribution in [3.8, 4) is 22.6 Å². The summed E-state index contributed by atoms with van der Waals surface area (Å²) in [5.74, 6) is -0.120. The van der Waals surface area contributed by atoms with E-state index >= 15 is 0 Å². The van der Waals surface area contributed by atoms with E-state index in [-0.39, 0.29) is 0 Å². The molecule has 0 N–H and O–H groups in total. The number of aromatic nitrogens is 4. The number of anilines is 2. The third-order valence-corrected chi connectivity index (χ3v) is 6.14. The van der Waals surface area contributed by atoms with Crippen LogP contribution < -0.4 is 4.90 Å². The standard InChI is InChI=1S/C26H16ClF2N5/c27-17-2-6-24-16(11-17)7-10-34(24)26-20-4-1-15(19-5-3-18(28)13-21(19)29)12-22(20)32-25(33-26)23-14-30-8-9-31-23/h1-6,8-9,11-14H,7,10H2. The van der Waals surface area contributed by atoms with Crippen molar-refractivity contribution in [2.24, 2.45) is 0 Å². The molecular formula is C26H16ClF2N5. The third kappa shape index (κ3) is 3.54. The Morgan fingerprint density at radius 2 is 1.82 bits per heavy atom. The maximum atomic E-state index is 14.5. The smallest absolute Gasteiger partial charge is 0.182 e. The Balaban J connectivity index is 1.57. The Morgan fingerprint density at radius 3 is 2.65 bits per heavy atom. The molecule has 6 rings (SSSR count). The van der Waals surface area contributed by atoms with Gasteiger partial charge in [0, 0.05) is 46.7 Å². The van der Waals surface area contributed by atoms with Crippen LogP contribution in [-0.4, -0.2) is 26.5 Å². The van der Waals surface area contributed by atoms with Gasteiger partial charge in [-0.3, -0.25) is 4.98 Å². The van der Waals surface area contributed by atoms with Crippen LogP contribution >= 0.6 is 11.6 Å². The van der Waals surface area contributed by atoms with Crippen molar-refractivity contribution in [3.63, 3.8) is 0 Å². The van der Waals surface area contributed by atoms with Crippen LogP contribution in [-0.2, 0) is 6.42 Å². The summed E-state index contributed by atoms with van der Waals surface area (Å²) in [5.41, 5.74) is 4.21. The highest BCUT2D eigenvalue weighted by Crippen LogP contribution is 2.39. The zero-order chi connectivity index (χ0) is 23.2. The normalized spacial score (nSPS) is 12.9. The van der Waals surface area contributed by atoms with Gasteiger partial charge >= 0.3 is 0 Å². The molecule has 3 heterocycles. The topological polar surface area (TPSA) is 54.8 Å². The zero-order valence-corrected chi connectivity index (χ0v) is 18.5. The number of rotatable bonds is 3. The first-order valence-corrected chi connectivity index (χ1v) is 11.0. The van der Waals surface area contributed by atoms with E-state index in [9.17, 15) is 8.78 Å². The number of hydrogen-bond acceptors (Lipinski definition) is 5. The minimum Gasteiger partial charge on any atom is -0.325 e. The Morgan fingerprint density at radius 1 is 0.912 bits per heavy atom. The highest BCUT2D eigenvalue weighted by atomic mass is 35.5. The number of halogens is 3. The van der Waals surface area contributed by atoms with Gasteiger partial charge in [0.05, 0.1) is 11.7 Å². The lowest BCUT2D eigenvalue weighted by Gasteiger charge is -2.21. The fourth-order valence-electron chi connectivity index (χ4n) is 4.33. The first-order valence-electron chi connectivity index (χ1n) is 10.7. The fraction of sp³-hybridized carbons (Fsp3) is 0.0769. The van der Waals surface area contributed by atoms with Crippen LogP contribution in [0.4, 0.5) is 20.3 Å². The summed E-state index contributed by atoms with van der Waals surface area (Å²) in [5, 5.41) is 1.50. The van der Waals surface area contributed by atoms with Gasteiger partial charge in [0.25, 0.3) is 0 Å². The lowest BCUT2D eigenvalue weighted by molar-refractivity contribution is 0.585. The predicted octanol–water partition coefficient (Wildman–Crippen LogP) is 6.38. The molecule has 0 saturated carbocycles. The Kier molecular flexibility index (Phi) is 4.92. The molecule has 2 aromatic heterocycles. The quantitative estimate of drug-likeness (QED) is 0.305. The number of nitrogens with zero attached hydrogens (tertiary/aromatic N) is 5. The largest absolute Gasteiger partial charge is 0.325 e. The maximum Gasteiger partial charge on any atom is 0.182 e. The van der Waals surface area contributed by atoms with Gasteiger partial charge in [-0.25, -0.2) is 23.7 Å². The lowest BCUT2D eigenvalue weighted by atomic mass is 10.0. The Labute approximate surface area is 198 Å². The lowest BCUT2D eigenvalue weighted by Crippen LogP contribution is -2.16. The minimum atomic E-state index is -0.631. The van der Waals surface area contributed by atoms with Gasteiger partial charge in [-0.2, -0.15) is 0 Å². The maximum absolute atomic E-state index is 14.5. The molecule has 166 valence electrons. The number of hydrogen-bond donors (Lipinski definition) is 0. The average Bonchev–Trinajstić information content (AvgIpc) is 3.26. The second-order valence-electron chi connectivity index (χ2n) is 7.99. The fourth-order valence-corrected chi connectivity index (χ4v) is 4.52. The average molecular weight is 472 g/mol. The monoisotopic (exact) mass is 471 g/mol. The highest BCUT2D eigenvalue weighted by Gasteiger charge is 2.25. The summed E-state index contributed by atoms with van der Waals surface area (Å²) in [7, 11) is 0. The van der Waals surface area contributed by atoms with E-state index in [2.05, 4.69) is 14.9 Å². The van der Waals surface area contributed by atoms with E-state index in [0.29, 0.717) is 33.2 Å². The first-order chi connectivity index (χ1) is 16.6. The minimum absolute atomic E-state index is 0.297. The SMILES string of the molecule is Fc1ccc(-c2ccc3c(N4CCc5cc(Cl)ccc54)nc(-c4cnccn4)nc3c2)c(F)c1. The van der Waals surface area contributed by atoms with Gasteiger partial charge in [0.15, 0.2) is 5.82 Å². The molecule has 0 fully saturated rings. The number of fused-ring (bicyclic) bond motifs is 2. The summed E-state index contributed by atoms with van der Waals surface area (Å²) in [6.45, 7) is 0.732. The van der Waals surface area contributed by atoms with Gasteiger partial charge in [-0.15, -0.1) is 0 Å². The van der Waals surface area contributed by atoms with Crippen molar-refractivity contribution < 1.29 is 8.78 Å². The second kappa shape index (κ2) is 8.11. The molecule has 0 atom stereocenters. The van der Waals surface area contributed by atoms with Crippen LogP contribution in [0.5, 0.6) is 0 Å². The molecule has 5 aromatic rings. The Bertz CT molecular complexity index is 1560. The third-order valence-electron chi connectivity index (χ3n) is 5.90. The molecule has 0 spiro atoms. The van der Waals surface area contributed by atoms with E-state index in [1.807, 2.05) is 24.3 Å². The molecule has 8 heteroatoms. The summed E-state index contributed by atoms with van der Waals surface area (Å²) < 4.78 is 27.9. The molecule has 0 radical (unpaired) electrons. The van der Waals surface area contributed by atoms with Crippen molar-refractivity contribution in [1.29, 1.82) is 0 Å². The van der Waals surface area contributed by atoms with Gasteiger partial charge in [-0.1, -0.05) is 17.7 Å².